The average molecular weight is 525 g/mol. The van der Waals surface area contributed by atoms with Gasteiger partial charge in [0.25, 0.3) is 0 Å². The summed E-state index contributed by atoms with van der Waals surface area (Å²) in [5.41, 5.74) is -6.88. The Balaban J connectivity index is 1.78. The van der Waals surface area contributed by atoms with Crippen LogP contribution in [0.2, 0.25) is 0 Å². The zero-order valence-electron chi connectivity index (χ0n) is 45.4. The van der Waals surface area contributed by atoms with Gasteiger partial charge < -0.3 is 4.90 Å². The van der Waals surface area contributed by atoms with E-state index >= 15 is 0 Å². The number of hydrogen-bond donors (Lipinski definition) is 0. The van der Waals surface area contributed by atoms with Gasteiger partial charge in [0.15, 0.2) is 0 Å². The van der Waals surface area contributed by atoms with Crippen molar-refractivity contribution in [2.45, 2.75) is 0 Å². The standard InChI is InChI=1S/C37H26N2/c1-4-11-27(12-5-1)28-18-20-32(21-19-28)39(31-16-8-3-9-17-31)33-22-23-34-35(29-13-6-2-7-14-29)25-30-15-10-24-38-37(30)36(34)26-33/h1-26H/i1D,2D,3D,4D,5D,6D,7D,8D,9D,10D,11D,12D,13D,14D,15D,16D,17D,18D,19D,20D,21D,22D,23D,24D,25D,26D. The molecule has 1 aromatic heterocycles. The SMILES string of the molecule is [2H]c1nc2c(c([2H])c1[2H])c([2H])c(-c1c([2H])c([2H])c([2H])c([2H])c1[2H])c1c([2H])c([2H])c(N(c3c([2H])c([2H])c([2H])c([2H])c3[2H])c3c([2H])c([2H])c(-c4c([2H])c([2H])c([2H])c([2H])c4[2H])c([2H])c3[2H])c([2H])c12. The highest BCUT2D eigenvalue weighted by atomic mass is 15.1. The largest absolute Gasteiger partial charge is 0.310 e. The molecule has 184 valence electrons. The van der Waals surface area contributed by atoms with Crippen molar-refractivity contribution in [1.82, 2.24) is 4.98 Å². The van der Waals surface area contributed by atoms with E-state index < -0.39 is 218 Å². The third-order valence-electron chi connectivity index (χ3n) is 5.45. The Morgan fingerprint density at radius 2 is 1.05 bits per heavy atom. The Morgan fingerprint density at radius 1 is 0.462 bits per heavy atom. The van der Waals surface area contributed by atoms with Crippen LogP contribution in [0.25, 0.3) is 43.9 Å². The summed E-state index contributed by atoms with van der Waals surface area (Å²) in [4.78, 5) is 4.43. The van der Waals surface area contributed by atoms with Gasteiger partial charge in [-0.2, -0.15) is 0 Å². The van der Waals surface area contributed by atoms with E-state index in [0.29, 0.717) is 4.90 Å². The Bertz CT molecular complexity index is 3230. The fourth-order valence-corrected chi connectivity index (χ4v) is 3.79. The van der Waals surface area contributed by atoms with Crippen LogP contribution < -0.4 is 4.90 Å². The van der Waals surface area contributed by atoms with E-state index in [1.54, 1.807) is 0 Å². The number of fused-ring (bicyclic) bond motifs is 3. The number of rotatable bonds is 5. The summed E-state index contributed by atoms with van der Waals surface area (Å²) < 4.78 is 227. The molecule has 2 heteroatoms. The van der Waals surface area contributed by atoms with E-state index in [1.807, 2.05) is 0 Å². The highest BCUT2D eigenvalue weighted by Gasteiger charge is 2.16. The first-order valence-electron chi connectivity index (χ1n) is 24.1. The lowest BCUT2D eigenvalue weighted by molar-refractivity contribution is 1.29. The molecule has 0 aliphatic rings. The highest BCUT2D eigenvalue weighted by molar-refractivity contribution is 6.13. The molecule has 2 nitrogen and oxygen atoms in total. The molecule has 0 atom stereocenters. The molecule has 0 spiro atoms. The van der Waals surface area contributed by atoms with Crippen LogP contribution in [0.4, 0.5) is 17.1 Å². The minimum Gasteiger partial charge on any atom is -0.310 e. The molecular formula is C37H26N2. The fourth-order valence-electron chi connectivity index (χ4n) is 3.79. The molecule has 0 aliphatic carbocycles. The van der Waals surface area contributed by atoms with E-state index in [4.69, 9.17) is 27.4 Å². The van der Waals surface area contributed by atoms with Crippen molar-refractivity contribution in [3.8, 4) is 22.3 Å². The van der Waals surface area contributed by atoms with Crippen LogP contribution >= 0.6 is 0 Å². The van der Waals surface area contributed by atoms with Gasteiger partial charge in [0.1, 0.15) is 0 Å². The number of benzene rings is 6. The summed E-state index contributed by atoms with van der Waals surface area (Å²) in [7, 11) is 0. The molecule has 0 saturated carbocycles. The Kier molecular flexibility index (Phi) is 2.14. The van der Waals surface area contributed by atoms with Crippen LogP contribution in [-0.2, 0) is 0 Å². The Morgan fingerprint density at radius 3 is 1.77 bits per heavy atom. The molecule has 0 radical (unpaired) electrons. The quantitative estimate of drug-likeness (QED) is 0.208. The molecule has 39 heavy (non-hydrogen) atoms. The van der Waals surface area contributed by atoms with E-state index in [2.05, 4.69) is 4.98 Å². The minimum absolute atomic E-state index is 0.390. The maximum atomic E-state index is 9.79. The maximum absolute atomic E-state index is 9.79. The second-order valence-electron chi connectivity index (χ2n) is 7.70. The predicted octanol–water partition coefficient (Wildman–Crippen LogP) is 10.2. The molecule has 0 saturated heterocycles. The van der Waals surface area contributed by atoms with Gasteiger partial charge in [0.2, 0.25) is 0 Å². The first-order valence-corrected chi connectivity index (χ1v) is 11.1. The molecule has 7 rings (SSSR count). The van der Waals surface area contributed by atoms with Gasteiger partial charge in [0.05, 0.1) is 41.2 Å². The van der Waals surface area contributed by atoms with Gasteiger partial charge in [-0.1, -0.05) is 103 Å². The summed E-state index contributed by atoms with van der Waals surface area (Å²) in [6, 6.07) is -24.9. The summed E-state index contributed by atoms with van der Waals surface area (Å²) in [6.07, 6.45) is -0.911. The number of para-hydroxylation sites is 1. The number of nitrogens with zero attached hydrogens (tertiary/aromatic N) is 2. The number of anilines is 3. The zero-order chi connectivity index (χ0) is 48.6. The summed E-state index contributed by atoms with van der Waals surface area (Å²) in [5, 5.41) is -2.08. The lowest BCUT2D eigenvalue weighted by Crippen LogP contribution is -2.09. The molecule has 0 fully saturated rings. The van der Waals surface area contributed by atoms with Crippen LogP contribution in [0.1, 0.15) is 35.6 Å². The van der Waals surface area contributed by atoms with Gasteiger partial charge in [-0.05, 0) is 76.0 Å². The van der Waals surface area contributed by atoms with Crippen molar-refractivity contribution >= 4 is 38.7 Å². The molecule has 0 bridgehead atoms. The molecular weight excluding hydrogens is 472 g/mol. The Hall–Kier alpha value is -5.21. The van der Waals surface area contributed by atoms with Crippen molar-refractivity contribution in [3.63, 3.8) is 0 Å². The van der Waals surface area contributed by atoms with Crippen molar-refractivity contribution < 1.29 is 35.6 Å². The second kappa shape index (κ2) is 9.92. The smallest absolute Gasteiger partial charge is 0.0840 e. The first kappa shape index (κ1) is 8.39. The lowest BCUT2D eigenvalue weighted by atomic mass is 9.94. The molecule has 1 heterocycles. The summed E-state index contributed by atoms with van der Waals surface area (Å²) in [5.74, 6) is 0. The van der Waals surface area contributed by atoms with Crippen molar-refractivity contribution in [2.75, 3.05) is 4.90 Å². The summed E-state index contributed by atoms with van der Waals surface area (Å²) >= 11 is 0. The van der Waals surface area contributed by atoms with Gasteiger partial charge >= 0.3 is 0 Å². The molecule has 6 aromatic carbocycles. The van der Waals surface area contributed by atoms with Crippen molar-refractivity contribution in [2.24, 2.45) is 0 Å². The van der Waals surface area contributed by atoms with Gasteiger partial charge in [0, 0.05) is 34.0 Å². The van der Waals surface area contributed by atoms with Gasteiger partial charge in [-0.3, -0.25) is 4.98 Å². The number of hydrogen-bond acceptors (Lipinski definition) is 2. The molecule has 0 unspecified atom stereocenters. The molecule has 0 aliphatic heterocycles. The maximum Gasteiger partial charge on any atom is 0.0840 e. The van der Waals surface area contributed by atoms with Crippen LogP contribution in [0.3, 0.4) is 0 Å². The number of pyridine rings is 1. The van der Waals surface area contributed by atoms with Crippen LogP contribution in [0, 0.1) is 0 Å². The Labute approximate surface area is 265 Å². The molecule has 0 amide bonds. The van der Waals surface area contributed by atoms with Crippen LogP contribution in [0.5, 0.6) is 0 Å². The first-order chi connectivity index (χ1) is 30.2. The zero-order valence-corrected chi connectivity index (χ0v) is 19.4. The normalized spacial score (nSPS) is 20.4. The fraction of sp³-hybridized carbons (Fsp3) is 0. The van der Waals surface area contributed by atoms with E-state index in [9.17, 15) is 8.22 Å². The minimum atomic E-state index is -1.19. The second-order valence-corrected chi connectivity index (χ2v) is 7.70. The van der Waals surface area contributed by atoms with E-state index in [0.717, 1.165) is 0 Å². The van der Waals surface area contributed by atoms with Crippen molar-refractivity contribution in [1.29, 1.82) is 0 Å². The number of aromatic nitrogens is 1. The third kappa shape index (κ3) is 4.32. The monoisotopic (exact) mass is 524 g/mol. The predicted molar refractivity (Wildman–Crippen MR) is 165 cm³/mol. The van der Waals surface area contributed by atoms with Gasteiger partial charge in [-0.15, -0.1) is 0 Å². The van der Waals surface area contributed by atoms with Crippen LogP contribution in [0.15, 0.2) is 157 Å². The topological polar surface area (TPSA) is 16.1 Å². The molecule has 7 aromatic rings. The third-order valence-corrected chi connectivity index (χ3v) is 5.45. The molecule has 0 N–H and O–H groups in total. The van der Waals surface area contributed by atoms with E-state index in [1.165, 1.54) is 0 Å². The highest BCUT2D eigenvalue weighted by Crippen LogP contribution is 2.40. The summed E-state index contributed by atoms with van der Waals surface area (Å²) in [6.45, 7) is 0. The average Bonchev–Trinajstić information content (AvgIpc) is 3.26. The van der Waals surface area contributed by atoms with E-state index in [-0.39, 0.29) is 0 Å². The van der Waals surface area contributed by atoms with Crippen molar-refractivity contribution in [3.05, 3.63) is 157 Å². The van der Waals surface area contributed by atoms with Gasteiger partial charge in [-0.25, -0.2) is 0 Å². The van der Waals surface area contributed by atoms with Crippen LogP contribution in [-0.4, -0.2) is 4.98 Å². The lowest BCUT2D eigenvalue weighted by Gasteiger charge is -2.26.